The molecule has 5 nitrogen and oxygen atoms in total. The monoisotopic (exact) mass is 245 g/mol. The van der Waals surface area contributed by atoms with Gasteiger partial charge in [-0.1, -0.05) is 0 Å². The lowest BCUT2D eigenvalue weighted by Gasteiger charge is -2.02. The molecule has 0 aliphatic heterocycles. The van der Waals surface area contributed by atoms with Gasteiger partial charge in [-0.15, -0.1) is 0 Å². The Morgan fingerprint density at radius 3 is 2.61 bits per heavy atom. The van der Waals surface area contributed by atoms with Crippen molar-refractivity contribution in [2.24, 2.45) is 10.7 Å². The highest BCUT2D eigenvalue weighted by atomic mass is 16.5. The van der Waals surface area contributed by atoms with E-state index in [1.54, 1.807) is 6.21 Å². The molecule has 0 atom stereocenters. The molecule has 0 bridgehead atoms. The third kappa shape index (κ3) is 3.83. The summed E-state index contributed by atoms with van der Waals surface area (Å²) >= 11 is 0. The largest absolute Gasteiger partial charge is 0.494 e. The van der Waals surface area contributed by atoms with Crippen LogP contribution in [0.1, 0.15) is 12.5 Å². The lowest BCUT2D eigenvalue weighted by molar-refractivity contribution is 0.284. The second kappa shape index (κ2) is 6.97. The van der Waals surface area contributed by atoms with E-state index < -0.39 is 0 Å². The van der Waals surface area contributed by atoms with Crippen LogP contribution in [0, 0.1) is 11.3 Å². The number of rotatable bonds is 5. The van der Waals surface area contributed by atoms with E-state index in [9.17, 15) is 0 Å². The highest BCUT2D eigenvalue weighted by Gasteiger charge is 1.99. The third-order valence-corrected chi connectivity index (χ3v) is 2.09. The smallest absolute Gasteiger partial charge is 0.221 e. The van der Waals surface area contributed by atoms with Crippen molar-refractivity contribution in [2.45, 2.75) is 6.92 Å². The van der Waals surface area contributed by atoms with Gasteiger partial charge in [-0.2, -0.15) is 5.26 Å². The van der Waals surface area contributed by atoms with Gasteiger partial charge in [-0.05, 0) is 36.8 Å². The molecule has 0 unspecified atom stereocenters. The van der Waals surface area contributed by atoms with Crippen molar-refractivity contribution in [1.29, 1.82) is 5.26 Å². The second-order valence-corrected chi connectivity index (χ2v) is 3.29. The maximum Gasteiger partial charge on any atom is 0.221 e. The SMILES string of the molecule is CCOc1ccc(C=N/C(C#N)=C(\N)OC)cc1. The van der Waals surface area contributed by atoms with Crippen molar-refractivity contribution < 1.29 is 9.47 Å². The van der Waals surface area contributed by atoms with Crippen LogP contribution in [0.15, 0.2) is 40.8 Å². The lowest BCUT2D eigenvalue weighted by Crippen LogP contribution is -2.02. The van der Waals surface area contributed by atoms with Gasteiger partial charge in [0.25, 0.3) is 0 Å². The zero-order valence-corrected chi connectivity index (χ0v) is 10.4. The topological polar surface area (TPSA) is 80.6 Å². The number of hydrogen-bond acceptors (Lipinski definition) is 5. The highest BCUT2D eigenvalue weighted by Crippen LogP contribution is 2.11. The summed E-state index contributed by atoms with van der Waals surface area (Å²) in [6.45, 7) is 2.55. The minimum Gasteiger partial charge on any atom is -0.494 e. The number of allylic oxidation sites excluding steroid dienone is 1. The fourth-order valence-corrected chi connectivity index (χ4v) is 1.20. The Balaban J connectivity index is 2.82. The molecule has 0 aromatic heterocycles. The predicted molar refractivity (Wildman–Crippen MR) is 69.0 cm³/mol. The molecule has 0 fully saturated rings. The van der Waals surface area contributed by atoms with Crippen molar-refractivity contribution in [3.8, 4) is 11.8 Å². The number of nitrogens with zero attached hydrogens (tertiary/aromatic N) is 2. The molecule has 2 N–H and O–H groups in total. The van der Waals surface area contributed by atoms with Crippen molar-refractivity contribution in [3.05, 3.63) is 41.4 Å². The Hall–Kier alpha value is -2.48. The number of nitrogens with two attached hydrogens (primary N) is 1. The van der Waals surface area contributed by atoms with Crippen LogP contribution in [0.3, 0.4) is 0 Å². The van der Waals surface area contributed by atoms with E-state index in [4.69, 9.17) is 20.5 Å². The fourth-order valence-electron chi connectivity index (χ4n) is 1.20. The molecule has 0 saturated heterocycles. The predicted octanol–water partition coefficient (Wildman–Crippen LogP) is 1.80. The van der Waals surface area contributed by atoms with Crippen LogP contribution in [0.2, 0.25) is 0 Å². The van der Waals surface area contributed by atoms with Gasteiger partial charge in [-0.25, -0.2) is 4.99 Å². The summed E-state index contributed by atoms with van der Waals surface area (Å²) in [5.41, 5.74) is 6.35. The highest BCUT2D eigenvalue weighted by molar-refractivity contribution is 5.80. The molecule has 1 rings (SSSR count). The van der Waals surface area contributed by atoms with E-state index in [2.05, 4.69) is 4.99 Å². The quantitative estimate of drug-likeness (QED) is 0.487. The Morgan fingerprint density at radius 2 is 2.11 bits per heavy atom. The van der Waals surface area contributed by atoms with Gasteiger partial charge in [0.1, 0.15) is 11.8 Å². The summed E-state index contributed by atoms with van der Waals surface area (Å²) in [6.07, 6.45) is 1.54. The first kappa shape index (κ1) is 13.6. The van der Waals surface area contributed by atoms with E-state index in [0.29, 0.717) is 6.61 Å². The Labute approximate surface area is 106 Å². The van der Waals surface area contributed by atoms with Gasteiger partial charge in [0.15, 0.2) is 5.70 Å². The molecule has 18 heavy (non-hydrogen) atoms. The van der Waals surface area contributed by atoms with Crippen LogP contribution in [0.25, 0.3) is 0 Å². The standard InChI is InChI=1S/C13H15N3O2/c1-3-18-11-6-4-10(5-7-11)9-16-12(8-14)13(15)17-2/h4-7,9H,3,15H2,1-2H3/b13-12+,16-9?. The van der Waals surface area contributed by atoms with E-state index in [0.717, 1.165) is 11.3 Å². The van der Waals surface area contributed by atoms with Crippen molar-refractivity contribution in [1.82, 2.24) is 0 Å². The number of hydrogen-bond donors (Lipinski definition) is 1. The van der Waals surface area contributed by atoms with Crippen LogP contribution < -0.4 is 10.5 Å². The zero-order chi connectivity index (χ0) is 13.4. The molecule has 0 saturated carbocycles. The second-order valence-electron chi connectivity index (χ2n) is 3.29. The summed E-state index contributed by atoms with van der Waals surface area (Å²) in [7, 11) is 1.39. The summed E-state index contributed by atoms with van der Waals surface area (Å²) < 4.78 is 10.1. The first-order valence-corrected chi connectivity index (χ1v) is 5.42. The minimum atomic E-state index is -0.000290. The average Bonchev–Trinajstić information content (AvgIpc) is 2.41. The van der Waals surface area contributed by atoms with Crippen LogP contribution in [-0.2, 0) is 4.74 Å². The number of methoxy groups -OCH3 is 1. The lowest BCUT2D eigenvalue weighted by atomic mass is 10.2. The first-order chi connectivity index (χ1) is 8.71. The van der Waals surface area contributed by atoms with Gasteiger partial charge in [0, 0.05) is 6.21 Å². The molecule has 0 spiro atoms. The Morgan fingerprint density at radius 1 is 1.44 bits per heavy atom. The van der Waals surface area contributed by atoms with E-state index in [1.165, 1.54) is 7.11 Å². The van der Waals surface area contributed by atoms with E-state index in [-0.39, 0.29) is 11.6 Å². The molecule has 0 heterocycles. The van der Waals surface area contributed by atoms with Crippen molar-refractivity contribution in [2.75, 3.05) is 13.7 Å². The van der Waals surface area contributed by atoms with Crippen molar-refractivity contribution >= 4 is 6.21 Å². The number of aliphatic imine (C=N–C) groups is 1. The average molecular weight is 245 g/mol. The maximum atomic E-state index is 8.82. The van der Waals surface area contributed by atoms with Gasteiger partial charge in [0.2, 0.25) is 5.88 Å². The minimum absolute atomic E-state index is 0.000290. The molecule has 5 heteroatoms. The van der Waals surface area contributed by atoms with Crippen molar-refractivity contribution in [3.63, 3.8) is 0 Å². The number of nitriles is 1. The summed E-state index contributed by atoms with van der Waals surface area (Å²) in [4.78, 5) is 3.96. The first-order valence-electron chi connectivity index (χ1n) is 5.42. The molecule has 1 aromatic rings. The molecule has 94 valence electrons. The summed E-state index contributed by atoms with van der Waals surface area (Å²) in [5.74, 6) is 0.793. The molecule has 0 aliphatic rings. The van der Waals surface area contributed by atoms with Gasteiger partial charge in [-0.3, -0.25) is 0 Å². The Kier molecular flexibility index (Phi) is 5.26. The normalized spacial score (nSPS) is 11.8. The van der Waals surface area contributed by atoms with Crippen LogP contribution >= 0.6 is 0 Å². The molecule has 1 aromatic carbocycles. The van der Waals surface area contributed by atoms with Gasteiger partial charge < -0.3 is 15.2 Å². The van der Waals surface area contributed by atoms with Gasteiger partial charge in [0.05, 0.1) is 13.7 Å². The van der Waals surface area contributed by atoms with E-state index in [1.807, 2.05) is 37.3 Å². The van der Waals surface area contributed by atoms with Crippen LogP contribution in [0.4, 0.5) is 0 Å². The summed E-state index contributed by atoms with van der Waals surface area (Å²) in [5, 5.41) is 8.82. The maximum absolute atomic E-state index is 8.82. The summed E-state index contributed by atoms with van der Waals surface area (Å²) in [6, 6.07) is 9.21. The third-order valence-electron chi connectivity index (χ3n) is 2.09. The number of benzene rings is 1. The molecule has 0 radical (unpaired) electrons. The molecular weight excluding hydrogens is 230 g/mol. The molecule has 0 amide bonds. The molecular formula is C13H15N3O2. The number of ether oxygens (including phenoxy) is 2. The van der Waals surface area contributed by atoms with E-state index >= 15 is 0 Å². The molecule has 0 aliphatic carbocycles. The van der Waals surface area contributed by atoms with Crippen LogP contribution in [0.5, 0.6) is 5.75 Å². The fraction of sp³-hybridized carbons (Fsp3) is 0.231. The van der Waals surface area contributed by atoms with Gasteiger partial charge >= 0.3 is 0 Å². The zero-order valence-electron chi connectivity index (χ0n) is 10.4. The Bertz CT molecular complexity index is 484. The van der Waals surface area contributed by atoms with Crippen LogP contribution in [-0.4, -0.2) is 19.9 Å².